The van der Waals surface area contributed by atoms with Gasteiger partial charge in [0.05, 0.1) is 45.7 Å². The predicted molar refractivity (Wildman–Crippen MR) is 277 cm³/mol. The number of rotatable bonds is 11. The molecule has 388 valence electrons. The van der Waals surface area contributed by atoms with E-state index in [9.17, 15) is 29.5 Å². The molecule has 2 N–H and O–H groups in total. The number of pyridine rings is 2. The summed E-state index contributed by atoms with van der Waals surface area (Å²) in [4.78, 5) is 67.4. The van der Waals surface area contributed by atoms with Gasteiger partial charge in [0.2, 0.25) is 0 Å². The first-order valence-corrected chi connectivity index (χ1v) is 26.2. The number of benzene rings is 2. The van der Waals surface area contributed by atoms with Gasteiger partial charge in [0, 0.05) is 85.0 Å². The van der Waals surface area contributed by atoms with Gasteiger partial charge in [-0.2, -0.15) is 5.26 Å². The van der Waals surface area contributed by atoms with Crippen molar-refractivity contribution in [2.24, 2.45) is 5.92 Å². The molecule has 2 amide bonds. The molecular weight excluding hydrogens is 964 g/mol. The van der Waals surface area contributed by atoms with Crippen molar-refractivity contribution in [3.05, 3.63) is 103 Å². The smallest absolute Gasteiger partial charge is 0.415 e. The number of halogens is 1. The average Bonchev–Trinajstić information content (AvgIpc) is 3.77. The highest BCUT2D eigenvalue weighted by Gasteiger charge is 2.45. The Kier molecular flexibility index (Phi) is 14.1. The number of amides is 2. The first-order valence-electron chi connectivity index (χ1n) is 25.8. The number of aliphatic hydroxyl groups is 1. The Hall–Kier alpha value is -6.65. The zero-order valence-electron chi connectivity index (χ0n) is 42.8. The average molecular weight is 1030 g/mol. The number of nitrogens with zero attached hydrogens (tertiary/aromatic N) is 9. The third-order valence-corrected chi connectivity index (χ3v) is 16.3. The number of carbonyl (C=O) groups excluding carboxylic acids is 3. The number of ether oxygens (including phenoxy) is 3. The Morgan fingerprint density at radius 1 is 0.986 bits per heavy atom. The maximum atomic E-state index is 14.1. The van der Waals surface area contributed by atoms with Crippen LogP contribution in [0, 0.1) is 24.2 Å². The number of aromatic nitrogens is 4. The van der Waals surface area contributed by atoms with Gasteiger partial charge < -0.3 is 43.9 Å². The summed E-state index contributed by atoms with van der Waals surface area (Å²) in [6.45, 7) is 12.1. The molecule has 3 atom stereocenters. The Morgan fingerprint density at radius 3 is 2.45 bits per heavy atom. The van der Waals surface area contributed by atoms with Crippen LogP contribution in [-0.4, -0.2) is 129 Å². The van der Waals surface area contributed by atoms with E-state index in [1.165, 1.54) is 0 Å². The van der Waals surface area contributed by atoms with Crippen molar-refractivity contribution in [2.45, 2.75) is 122 Å². The van der Waals surface area contributed by atoms with E-state index in [1.807, 2.05) is 49.0 Å². The number of hydrogen-bond acceptors (Lipinski definition) is 15. The van der Waals surface area contributed by atoms with E-state index in [1.54, 1.807) is 41.8 Å². The van der Waals surface area contributed by atoms with Crippen molar-refractivity contribution < 1.29 is 33.7 Å². The Balaban J connectivity index is 0.716. The molecule has 18 nitrogen and oxygen atoms in total. The molecule has 7 heterocycles. The van der Waals surface area contributed by atoms with Crippen molar-refractivity contribution in [1.29, 1.82) is 5.26 Å². The van der Waals surface area contributed by atoms with Crippen molar-refractivity contribution >= 4 is 46.3 Å². The molecule has 3 fully saturated rings. The molecule has 74 heavy (non-hydrogen) atoms. The molecule has 0 bridgehead atoms. The van der Waals surface area contributed by atoms with Crippen molar-refractivity contribution in [3.63, 3.8) is 0 Å². The fourth-order valence-electron chi connectivity index (χ4n) is 11.5. The largest absolute Gasteiger partial charge is 0.490 e. The summed E-state index contributed by atoms with van der Waals surface area (Å²) in [5.74, 6) is 1.36. The lowest BCUT2D eigenvalue weighted by Gasteiger charge is -2.45. The monoisotopic (exact) mass is 1030 g/mol. The van der Waals surface area contributed by atoms with Crippen LogP contribution in [0.4, 0.5) is 10.6 Å². The first kappa shape index (κ1) is 50.9. The molecule has 0 unspecified atom stereocenters. The third-order valence-electron chi connectivity index (χ3n) is 15.9. The third kappa shape index (κ3) is 9.66. The van der Waals surface area contributed by atoms with Crippen LogP contribution in [0.3, 0.4) is 0 Å². The van der Waals surface area contributed by atoms with Gasteiger partial charge in [-0.15, -0.1) is 10.2 Å². The molecule has 0 spiro atoms. The number of nitriles is 1. The standard InChI is InChI=1S/C55H63ClN10O8/c1-7-55(71)42-23-45-50-36(28-66(45)52(68)41(42)30-72-53(55)69)22-39-40(29-62(5)6)47(16-13-43(39)59-50)74-54(70)65-26-31(2)64(25-32(65)3)27-34-18-20-63(21-19-34)48-17-14-44(60-61-48)51(67)58-37-9-11-38(12-10-37)73-46-15-8-35(24-57)49(56)33(46)4/h8,13-17,22-23,31-32,34,37-38,71H,7,9-12,18-21,25-30H2,1-6H3,(H,58,67)/t31-,32+,37?,38?,55-/m0/s1. The fraction of sp³-hybridized carbons (Fsp3) is 0.491. The molecule has 5 aliphatic rings. The zero-order chi connectivity index (χ0) is 52.2. The molecule has 1 saturated carbocycles. The first-order chi connectivity index (χ1) is 35.5. The normalized spacial score (nSPS) is 22.9. The van der Waals surface area contributed by atoms with Gasteiger partial charge in [-0.3, -0.25) is 14.5 Å². The SMILES string of the molecule is CC[C@@]1(O)C(=O)OCc2c1cc1n(c2=O)Cc2cc3c(CN(C)C)c(OC(=O)N4C[C@H](C)N(CC5CCN(c6ccc(C(=O)NC7CCC(Oc8ccc(C#N)c(Cl)c8C)CC7)nn6)CC5)C[C@H]4C)ccc3nc2-1. The van der Waals surface area contributed by atoms with Crippen LogP contribution in [0.2, 0.25) is 5.02 Å². The molecule has 5 aromatic rings. The number of cyclic esters (lactones) is 1. The summed E-state index contributed by atoms with van der Waals surface area (Å²) in [7, 11) is 3.91. The summed E-state index contributed by atoms with van der Waals surface area (Å²) in [5, 5.41) is 33.7. The highest BCUT2D eigenvalue weighted by molar-refractivity contribution is 6.32. The van der Waals surface area contributed by atoms with Crippen LogP contribution in [0.5, 0.6) is 11.5 Å². The highest BCUT2D eigenvalue weighted by atomic mass is 35.5. The molecular formula is C55H63ClN10O8. The quantitative estimate of drug-likeness (QED) is 0.130. The lowest BCUT2D eigenvalue weighted by Crippen LogP contribution is -2.59. The predicted octanol–water partition coefficient (Wildman–Crippen LogP) is 6.69. The number of piperidine rings is 1. The van der Waals surface area contributed by atoms with Gasteiger partial charge in [0.15, 0.2) is 17.1 Å². The zero-order valence-corrected chi connectivity index (χ0v) is 43.6. The van der Waals surface area contributed by atoms with Crippen LogP contribution in [0.25, 0.3) is 22.3 Å². The van der Waals surface area contributed by atoms with E-state index < -0.39 is 17.7 Å². The Labute approximate surface area is 435 Å². The number of fused-ring (bicyclic) bond motifs is 5. The topological polar surface area (TPSA) is 209 Å². The van der Waals surface area contributed by atoms with Gasteiger partial charge in [-0.25, -0.2) is 14.6 Å². The second kappa shape index (κ2) is 20.6. The van der Waals surface area contributed by atoms with E-state index in [0.29, 0.717) is 70.2 Å². The van der Waals surface area contributed by atoms with Gasteiger partial charge in [0.1, 0.15) is 24.2 Å². The number of piperazine rings is 1. The van der Waals surface area contributed by atoms with Crippen molar-refractivity contribution in [2.75, 3.05) is 51.7 Å². The number of carbonyl (C=O) groups is 3. The molecule has 2 saturated heterocycles. The summed E-state index contributed by atoms with van der Waals surface area (Å²) in [5.41, 5.74) is 3.19. The van der Waals surface area contributed by atoms with Crippen LogP contribution < -0.4 is 25.2 Å². The van der Waals surface area contributed by atoms with Gasteiger partial charge in [-0.1, -0.05) is 18.5 Å². The molecule has 4 aliphatic heterocycles. The maximum Gasteiger partial charge on any atom is 0.415 e. The fourth-order valence-corrected chi connectivity index (χ4v) is 11.7. The van der Waals surface area contributed by atoms with Crippen LogP contribution >= 0.6 is 11.6 Å². The number of hydrogen-bond donors (Lipinski definition) is 2. The van der Waals surface area contributed by atoms with E-state index >= 15 is 0 Å². The number of anilines is 1. The minimum atomic E-state index is -1.91. The lowest BCUT2D eigenvalue weighted by atomic mass is 9.86. The van der Waals surface area contributed by atoms with E-state index in [2.05, 4.69) is 45.2 Å². The lowest BCUT2D eigenvalue weighted by molar-refractivity contribution is -0.172. The Morgan fingerprint density at radius 2 is 1.74 bits per heavy atom. The second-order valence-corrected chi connectivity index (χ2v) is 21.4. The molecule has 19 heteroatoms. The van der Waals surface area contributed by atoms with Crippen molar-refractivity contribution in [3.8, 4) is 29.0 Å². The van der Waals surface area contributed by atoms with E-state index in [-0.39, 0.29) is 66.4 Å². The summed E-state index contributed by atoms with van der Waals surface area (Å²) >= 11 is 6.34. The van der Waals surface area contributed by atoms with E-state index in [0.717, 1.165) is 86.1 Å². The second-order valence-electron chi connectivity index (χ2n) is 21.1. The summed E-state index contributed by atoms with van der Waals surface area (Å²) < 4.78 is 19.4. The minimum Gasteiger partial charge on any atom is -0.490 e. The maximum absolute atomic E-state index is 14.1. The van der Waals surface area contributed by atoms with Gasteiger partial charge in [-0.05, 0) is 134 Å². The summed E-state index contributed by atoms with van der Waals surface area (Å²) in [6, 6.07) is 16.6. The van der Waals surface area contributed by atoms with E-state index in [4.69, 9.17) is 30.8 Å². The summed E-state index contributed by atoms with van der Waals surface area (Å²) in [6.07, 6.45) is 4.72. The minimum absolute atomic E-state index is 0.000940. The molecule has 3 aromatic heterocycles. The number of nitrogens with one attached hydrogen (secondary N) is 1. The van der Waals surface area contributed by atoms with Crippen LogP contribution in [0.15, 0.2) is 53.3 Å². The number of esters is 1. The molecule has 1 aliphatic carbocycles. The van der Waals surface area contributed by atoms with Crippen LogP contribution in [-0.2, 0) is 34.8 Å². The molecule has 10 rings (SSSR count). The van der Waals surface area contributed by atoms with Crippen molar-refractivity contribution in [1.82, 2.24) is 39.8 Å². The molecule has 2 aromatic carbocycles. The molecule has 0 radical (unpaired) electrons. The van der Waals surface area contributed by atoms with Gasteiger partial charge in [0.25, 0.3) is 11.5 Å². The van der Waals surface area contributed by atoms with Crippen LogP contribution in [0.1, 0.15) is 110 Å². The van der Waals surface area contributed by atoms with Gasteiger partial charge >= 0.3 is 12.1 Å². The Bertz CT molecular complexity index is 3130. The highest BCUT2D eigenvalue weighted by Crippen LogP contribution is 2.41.